The van der Waals surface area contributed by atoms with E-state index in [4.69, 9.17) is 4.98 Å². The van der Waals surface area contributed by atoms with Gasteiger partial charge in [-0.2, -0.15) is 0 Å². The highest BCUT2D eigenvalue weighted by Gasteiger charge is 2.19. The maximum Gasteiger partial charge on any atom is 0.255 e. The van der Waals surface area contributed by atoms with Crippen LogP contribution in [-0.2, 0) is 10.2 Å². The number of anilines is 4. The highest BCUT2D eigenvalue weighted by molar-refractivity contribution is 6.05. The smallest absolute Gasteiger partial charge is 0.255 e. The Bertz CT molecular complexity index is 1850. The van der Waals surface area contributed by atoms with E-state index in [-0.39, 0.29) is 17.2 Å². The van der Waals surface area contributed by atoms with E-state index in [1.807, 2.05) is 83.2 Å². The van der Waals surface area contributed by atoms with Crippen LogP contribution in [0.25, 0.3) is 16.9 Å². The molecule has 0 spiro atoms. The molecule has 3 aromatic carbocycles. The molecule has 1 fully saturated rings. The SMILES string of the molecule is CC(=O)N1CCN(c2ccc(Nc3nc(-c4ccc(C)c(NC(=O)c5ccc(C(C)(C)C)cc5)c4)cn4ccnc34)cc2)CC1. The minimum Gasteiger partial charge on any atom is -0.368 e. The minimum atomic E-state index is -0.153. The highest BCUT2D eigenvalue weighted by Crippen LogP contribution is 2.29. The molecule has 0 bridgehead atoms. The van der Waals surface area contributed by atoms with E-state index in [0.29, 0.717) is 17.0 Å². The number of benzene rings is 3. The van der Waals surface area contributed by atoms with Gasteiger partial charge in [-0.15, -0.1) is 0 Å². The van der Waals surface area contributed by atoms with Gasteiger partial charge >= 0.3 is 0 Å². The second kappa shape index (κ2) is 12.1. The molecule has 1 aliphatic rings. The summed E-state index contributed by atoms with van der Waals surface area (Å²) in [6.45, 7) is 13.2. The van der Waals surface area contributed by atoms with Crippen LogP contribution in [0.4, 0.5) is 22.9 Å². The van der Waals surface area contributed by atoms with Crippen LogP contribution in [0, 0.1) is 6.92 Å². The molecule has 2 amide bonds. The van der Waals surface area contributed by atoms with E-state index in [9.17, 15) is 9.59 Å². The molecule has 1 aliphatic heterocycles. The molecule has 5 aromatic rings. The quantitative estimate of drug-likeness (QED) is 0.226. The number of fused-ring (bicyclic) bond motifs is 1. The lowest BCUT2D eigenvalue weighted by Gasteiger charge is -2.35. The second-order valence-corrected chi connectivity index (χ2v) is 12.6. The number of carbonyl (C=O) groups excluding carboxylic acids is 2. The number of amides is 2. The Hall–Kier alpha value is -5.18. The molecule has 9 nitrogen and oxygen atoms in total. The number of rotatable bonds is 6. The van der Waals surface area contributed by atoms with Crippen molar-refractivity contribution in [3.63, 3.8) is 0 Å². The zero-order chi connectivity index (χ0) is 31.7. The standard InChI is InChI=1S/C36H39N7O2/c1-24-6-7-27(22-31(24)40-35(45)26-8-10-28(11-9-26)36(3,4)5)32-23-43-17-16-37-34(43)33(39-32)38-29-12-14-30(15-13-29)42-20-18-41(19-21-42)25(2)44/h6-17,22-23H,18-21H2,1-5H3,(H,38,39)(H,40,45). The Labute approximate surface area is 263 Å². The van der Waals surface area contributed by atoms with Crippen molar-refractivity contribution in [2.75, 3.05) is 41.7 Å². The number of aromatic nitrogens is 3. The van der Waals surface area contributed by atoms with Crippen molar-refractivity contribution >= 4 is 40.3 Å². The van der Waals surface area contributed by atoms with E-state index < -0.39 is 0 Å². The number of carbonyl (C=O) groups is 2. The lowest BCUT2D eigenvalue weighted by molar-refractivity contribution is -0.129. The third-order valence-corrected chi connectivity index (χ3v) is 8.39. The van der Waals surface area contributed by atoms with Crippen LogP contribution in [0.1, 0.15) is 49.2 Å². The van der Waals surface area contributed by atoms with Gasteiger partial charge in [-0.1, -0.05) is 45.0 Å². The summed E-state index contributed by atoms with van der Waals surface area (Å²) in [5, 5.41) is 6.55. The van der Waals surface area contributed by atoms with Gasteiger partial charge in [0.1, 0.15) is 0 Å². The molecule has 45 heavy (non-hydrogen) atoms. The van der Waals surface area contributed by atoms with Crippen LogP contribution >= 0.6 is 0 Å². The lowest BCUT2D eigenvalue weighted by Crippen LogP contribution is -2.48. The number of hydrogen-bond donors (Lipinski definition) is 2. The molecule has 0 radical (unpaired) electrons. The van der Waals surface area contributed by atoms with Crippen LogP contribution in [-0.4, -0.2) is 57.3 Å². The molecule has 2 N–H and O–H groups in total. The summed E-state index contributed by atoms with van der Waals surface area (Å²) >= 11 is 0. The topological polar surface area (TPSA) is 94.9 Å². The summed E-state index contributed by atoms with van der Waals surface area (Å²) < 4.78 is 1.95. The molecular formula is C36H39N7O2. The van der Waals surface area contributed by atoms with Crippen molar-refractivity contribution in [1.82, 2.24) is 19.3 Å². The summed E-state index contributed by atoms with van der Waals surface area (Å²) in [5.74, 6) is 0.605. The van der Waals surface area contributed by atoms with Crippen LogP contribution in [0.2, 0.25) is 0 Å². The van der Waals surface area contributed by atoms with E-state index in [1.165, 1.54) is 5.56 Å². The molecular weight excluding hydrogens is 562 g/mol. The summed E-state index contributed by atoms with van der Waals surface area (Å²) in [4.78, 5) is 38.5. The molecule has 0 unspecified atom stereocenters. The van der Waals surface area contributed by atoms with Gasteiger partial charge in [0.15, 0.2) is 11.5 Å². The number of piperazine rings is 1. The Morgan fingerprint density at radius 1 is 0.889 bits per heavy atom. The zero-order valence-corrected chi connectivity index (χ0v) is 26.5. The van der Waals surface area contributed by atoms with Crippen molar-refractivity contribution in [2.24, 2.45) is 0 Å². The summed E-state index contributed by atoms with van der Waals surface area (Å²) in [5.41, 5.74) is 7.86. The van der Waals surface area contributed by atoms with Crippen molar-refractivity contribution in [3.8, 4) is 11.3 Å². The van der Waals surface area contributed by atoms with E-state index in [2.05, 4.69) is 53.4 Å². The third-order valence-electron chi connectivity index (χ3n) is 8.39. The Kier molecular flexibility index (Phi) is 8.01. The van der Waals surface area contributed by atoms with Gasteiger partial charge < -0.3 is 24.8 Å². The summed E-state index contributed by atoms with van der Waals surface area (Å²) in [6.07, 6.45) is 5.59. The van der Waals surface area contributed by atoms with Gasteiger partial charge in [-0.05, 0) is 65.9 Å². The molecule has 1 saturated heterocycles. The first-order chi connectivity index (χ1) is 21.5. The molecule has 9 heteroatoms. The van der Waals surface area contributed by atoms with Crippen molar-refractivity contribution in [2.45, 2.75) is 40.0 Å². The van der Waals surface area contributed by atoms with E-state index in [0.717, 1.165) is 60.1 Å². The van der Waals surface area contributed by atoms with Crippen LogP contribution in [0.5, 0.6) is 0 Å². The van der Waals surface area contributed by atoms with Crippen LogP contribution < -0.4 is 15.5 Å². The number of imidazole rings is 1. The van der Waals surface area contributed by atoms with Crippen LogP contribution in [0.3, 0.4) is 0 Å². The molecule has 6 rings (SSSR count). The van der Waals surface area contributed by atoms with Gasteiger partial charge in [0.25, 0.3) is 5.91 Å². The zero-order valence-electron chi connectivity index (χ0n) is 26.5. The molecule has 230 valence electrons. The fourth-order valence-electron chi connectivity index (χ4n) is 5.56. The number of nitrogens with zero attached hydrogens (tertiary/aromatic N) is 5. The first-order valence-electron chi connectivity index (χ1n) is 15.3. The lowest BCUT2D eigenvalue weighted by atomic mass is 9.86. The Balaban J connectivity index is 1.21. The van der Waals surface area contributed by atoms with Crippen molar-refractivity contribution in [1.29, 1.82) is 0 Å². The minimum absolute atomic E-state index is 0.0221. The summed E-state index contributed by atoms with van der Waals surface area (Å²) in [7, 11) is 0. The molecule has 0 atom stereocenters. The number of nitrogens with one attached hydrogen (secondary N) is 2. The molecule has 3 heterocycles. The number of aryl methyl sites for hydroxylation is 1. The van der Waals surface area contributed by atoms with E-state index >= 15 is 0 Å². The van der Waals surface area contributed by atoms with Crippen molar-refractivity contribution in [3.05, 3.63) is 102 Å². The largest absolute Gasteiger partial charge is 0.368 e. The predicted octanol–water partition coefficient (Wildman–Crippen LogP) is 6.67. The van der Waals surface area contributed by atoms with Gasteiger partial charge in [0, 0.05) is 79.9 Å². The maximum atomic E-state index is 13.2. The Morgan fingerprint density at radius 3 is 2.27 bits per heavy atom. The molecule has 2 aromatic heterocycles. The normalized spacial score (nSPS) is 13.6. The Morgan fingerprint density at radius 2 is 1.60 bits per heavy atom. The number of hydrogen-bond acceptors (Lipinski definition) is 6. The predicted molar refractivity (Wildman–Crippen MR) is 180 cm³/mol. The van der Waals surface area contributed by atoms with E-state index in [1.54, 1.807) is 13.1 Å². The molecule has 0 saturated carbocycles. The average molecular weight is 602 g/mol. The third kappa shape index (κ3) is 6.52. The molecule has 0 aliphatic carbocycles. The second-order valence-electron chi connectivity index (χ2n) is 12.6. The van der Waals surface area contributed by atoms with Crippen molar-refractivity contribution < 1.29 is 9.59 Å². The maximum absolute atomic E-state index is 13.2. The van der Waals surface area contributed by atoms with Gasteiger partial charge in [-0.3, -0.25) is 9.59 Å². The van der Waals surface area contributed by atoms with Gasteiger partial charge in [0.05, 0.1) is 5.69 Å². The fraction of sp³-hybridized carbons (Fsp3) is 0.278. The van der Waals surface area contributed by atoms with Gasteiger partial charge in [0.2, 0.25) is 5.91 Å². The monoisotopic (exact) mass is 601 g/mol. The highest BCUT2D eigenvalue weighted by atomic mass is 16.2. The first kappa shape index (κ1) is 29.9. The van der Waals surface area contributed by atoms with Gasteiger partial charge in [-0.25, -0.2) is 9.97 Å². The first-order valence-corrected chi connectivity index (χ1v) is 15.3. The summed E-state index contributed by atoms with van der Waals surface area (Å²) in [6, 6.07) is 22.0. The van der Waals surface area contributed by atoms with Crippen LogP contribution in [0.15, 0.2) is 85.3 Å². The average Bonchev–Trinajstić information content (AvgIpc) is 3.51. The fourth-order valence-corrected chi connectivity index (χ4v) is 5.56.